The van der Waals surface area contributed by atoms with Crippen LogP contribution in [-0.4, -0.2) is 50.2 Å². The Bertz CT molecular complexity index is 561. The summed E-state index contributed by atoms with van der Waals surface area (Å²) in [6.45, 7) is 4.20. The fourth-order valence-electron chi connectivity index (χ4n) is 3.20. The van der Waals surface area contributed by atoms with E-state index in [-0.39, 0.29) is 23.8 Å². The van der Waals surface area contributed by atoms with Gasteiger partial charge >= 0.3 is 11.9 Å². The molecule has 1 aliphatic rings. The second kappa shape index (κ2) is 9.04. The smallest absolute Gasteiger partial charge is 0.310 e. The molecular weight excluding hydrogens is 330 g/mol. The van der Waals surface area contributed by atoms with E-state index in [1.165, 1.54) is 7.11 Å². The van der Waals surface area contributed by atoms with Crippen molar-refractivity contribution in [2.24, 2.45) is 5.92 Å². The van der Waals surface area contributed by atoms with Gasteiger partial charge < -0.3 is 14.4 Å². The number of halogens is 1. The normalized spacial score (nSPS) is 21.3. The van der Waals surface area contributed by atoms with Crippen LogP contribution in [-0.2, 0) is 19.1 Å². The highest BCUT2D eigenvalue weighted by Gasteiger charge is 2.36. The van der Waals surface area contributed by atoms with Gasteiger partial charge in [0.2, 0.25) is 0 Å². The maximum Gasteiger partial charge on any atom is 0.310 e. The lowest BCUT2D eigenvalue weighted by Gasteiger charge is -2.37. The number of carbonyl (C=O) groups excluding carboxylic acids is 2. The van der Waals surface area contributed by atoms with Gasteiger partial charge in [-0.2, -0.15) is 0 Å². The number of hydrogen-bond acceptors (Lipinski definition) is 5. The van der Waals surface area contributed by atoms with E-state index in [2.05, 4.69) is 4.90 Å². The molecule has 2 atom stereocenters. The van der Waals surface area contributed by atoms with Gasteiger partial charge in [-0.1, -0.05) is 23.7 Å². The van der Waals surface area contributed by atoms with Gasteiger partial charge in [0, 0.05) is 18.1 Å². The summed E-state index contributed by atoms with van der Waals surface area (Å²) < 4.78 is 9.95. The number of hydrogen-bond donors (Lipinski definition) is 0. The minimum absolute atomic E-state index is 0.105. The Morgan fingerprint density at radius 3 is 2.62 bits per heavy atom. The molecule has 1 saturated heterocycles. The molecule has 0 saturated carbocycles. The summed E-state index contributed by atoms with van der Waals surface area (Å²) >= 11 is 5.95. The number of rotatable bonds is 6. The first kappa shape index (κ1) is 18.7. The van der Waals surface area contributed by atoms with E-state index < -0.39 is 0 Å². The van der Waals surface area contributed by atoms with Crippen molar-refractivity contribution in [3.8, 4) is 0 Å². The number of esters is 2. The van der Waals surface area contributed by atoms with Crippen molar-refractivity contribution in [2.75, 3.05) is 33.4 Å². The summed E-state index contributed by atoms with van der Waals surface area (Å²) in [5.74, 6) is -0.552. The third-order valence-electron chi connectivity index (χ3n) is 4.44. The molecule has 0 amide bonds. The lowest BCUT2D eigenvalue weighted by molar-refractivity contribution is -0.148. The Balaban J connectivity index is 2.03. The molecule has 6 heteroatoms. The quantitative estimate of drug-likeness (QED) is 0.736. The third-order valence-corrected chi connectivity index (χ3v) is 4.69. The Labute approximate surface area is 147 Å². The minimum Gasteiger partial charge on any atom is -0.469 e. The van der Waals surface area contributed by atoms with Gasteiger partial charge in [0.1, 0.15) is 0 Å². The van der Waals surface area contributed by atoms with Crippen LogP contribution < -0.4 is 0 Å². The Hall–Kier alpha value is -1.59. The zero-order valence-electron chi connectivity index (χ0n) is 14.2. The highest BCUT2D eigenvalue weighted by molar-refractivity contribution is 6.30. The molecule has 132 valence electrons. The molecule has 1 aromatic carbocycles. The zero-order chi connectivity index (χ0) is 17.5. The molecule has 0 radical (unpaired) electrons. The highest BCUT2D eigenvalue weighted by atomic mass is 35.5. The SMILES string of the molecule is CCOC(=O)CCN1CC[C@H](c2ccc(Cl)cc2)[C@@H](C(=O)OC)C1. The molecule has 0 N–H and O–H groups in total. The second-order valence-electron chi connectivity index (χ2n) is 5.93. The van der Waals surface area contributed by atoms with Gasteiger partial charge in [-0.25, -0.2) is 0 Å². The van der Waals surface area contributed by atoms with E-state index in [0.717, 1.165) is 18.5 Å². The first-order valence-corrected chi connectivity index (χ1v) is 8.64. The maximum atomic E-state index is 12.2. The van der Waals surface area contributed by atoms with Crippen LogP contribution in [0, 0.1) is 5.92 Å². The Kier molecular flexibility index (Phi) is 7.06. The van der Waals surface area contributed by atoms with Crippen LogP contribution >= 0.6 is 11.6 Å². The number of methoxy groups -OCH3 is 1. The summed E-state index contributed by atoms with van der Waals surface area (Å²) in [5.41, 5.74) is 1.10. The second-order valence-corrected chi connectivity index (χ2v) is 6.37. The van der Waals surface area contributed by atoms with Crippen LogP contribution in [0.4, 0.5) is 0 Å². The molecule has 0 bridgehead atoms. The highest BCUT2D eigenvalue weighted by Crippen LogP contribution is 2.34. The summed E-state index contributed by atoms with van der Waals surface area (Å²) in [5, 5.41) is 0.681. The van der Waals surface area contributed by atoms with Crippen LogP contribution in [0.15, 0.2) is 24.3 Å². The first-order valence-electron chi connectivity index (χ1n) is 8.26. The molecule has 1 heterocycles. The van der Waals surface area contributed by atoms with E-state index in [4.69, 9.17) is 21.1 Å². The van der Waals surface area contributed by atoms with Crippen molar-refractivity contribution in [2.45, 2.75) is 25.7 Å². The minimum atomic E-state index is -0.243. The number of piperidine rings is 1. The summed E-state index contributed by atoms with van der Waals surface area (Å²) in [7, 11) is 1.42. The van der Waals surface area contributed by atoms with Crippen molar-refractivity contribution in [3.05, 3.63) is 34.9 Å². The standard InChI is InChI=1S/C18H24ClNO4/c1-3-24-17(21)9-11-20-10-8-15(16(12-20)18(22)23-2)13-4-6-14(19)7-5-13/h4-7,15-16H,3,8-12H2,1-2H3/t15-,16+/m1/s1. The van der Waals surface area contributed by atoms with Crippen molar-refractivity contribution < 1.29 is 19.1 Å². The number of likely N-dealkylation sites (tertiary alicyclic amines) is 1. The fourth-order valence-corrected chi connectivity index (χ4v) is 3.33. The van der Waals surface area contributed by atoms with Crippen LogP contribution in [0.1, 0.15) is 31.2 Å². The van der Waals surface area contributed by atoms with E-state index in [1.807, 2.05) is 24.3 Å². The van der Waals surface area contributed by atoms with Gasteiger partial charge in [-0.15, -0.1) is 0 Å². The van der Waals surface area contributed by atoms with Gasteiger partial charge in [-0.3, -0.25) is 9.59 Å². The van der Waals surface area contributed by atoms with Crippen LogP contribution in [0.2, 0.25) is 5.02 Å². The maximum absolute atomic E-state index is 12.2. The number of carbonyl (C=O) groups is 2. The average molecular weight is 354 g/mol. The topological polar surface area (TPSA) is 55.8 Å². The van der Waals surface area contributed by atoms with Gasteiger partial charge in [-0.05, 0) is 43.5 Å². The molecule has 0 aromatic heterocycles. The first-order chi connectivity index (χ1) is 11.5. The predicted octanol–water partition coefficient (Wildman–Crippen LogP) is 2.87. The molecule has 24 heavy (non-hydrogen) atoms. The lowest BCUT2D eigenvalue weighted by atomic mass is 9.80. The van der Waals surface area contributed by atoms with Crippen LogP contribution in [0.25, 0.3) is 0 Å². The van der Waals surface area contributed by atoms with Crippen molar-refractivity contribution >= 4 is 23.5 Å². The lowest BCUT2D eigenvalue weighted by Crippen LogP contribution is -2.44. The Morgan fingerprint density at radius 1 is 1.29 bits per heavy atom. The monoisotopic (exact) mass is 353 g/mol. The van der Waals surface area contributed by atoms with Crippen molar-refractivity contribution in [1.82, 2.24) is 4.90 Å². The van der Waals surface area contributed by atoms with Crippen molar-refractivity contribution in [3.63, 3.8) is 0 Å². The summed E-state index contributed by atoms with van der Waals surface area (Å²) in [6, 6.07) is 7.63. The van der Waals surface area contributed by atoms with Gasteiger partial charge in [0.25, 0.3) is 0 Å². The van der Waals surface area contributed by atoms with Crippen LogP contribution in [0.5, 0.6) is 0 Å². The van der Waals surface area contributed by atoms with Crippen molar-refractivity contribution in [1.29, 1.82) is 0 Å². The molecule has 0 spiro atoms. The van der Waals surface area contributed by atoms with E-state index in [1.54, 1.807) is 6.92 Å². The molecular formula is C18H24ClNO4. The number of nitrogens with zero attached hydrogens (tertiary/aromatic N) is 1. The molecule has 1 fully saturated rings. The van der Waals surface area contributed by atoms with Gasteiger partial charge in [0.05, 0.1) is 26.1 Å². The molecule has 5 nitrogen and oxygen atoms in total. The molecule has 1 aromatic rings. The van der Waals surface area contributed by atoms with E-state index in [0.29, 0.717) is 31.1 Å². The third kappa shape index (κ3) is 4.95. The average Bonchev–Trinajstić information content (AvgIpc) is 2.60. The summed E-state index contributed by atoms with van der Waals surface area (Å²) in [6.07, 6.45) is 1.18. The molecule has 0 unspecified atom stereocenters. The van der Waals surface area contributed by atoms with E-state index in [9.17, 15) is 9.59 Å². The van der Waals surface area contributed by atoms with Gasteiger partial charge in [0.15, 0.2) is 0 Å². The molecule has 0 aliphatic carbocycles. The predicted molar refractivity (Wildman–Crippen MR) is 92.0 cm³/mol. The fraction of sp³-hybridized carbons (Fsp3) is 0.556. The largest absolute Gasteiger partial charge is 0.469 e. The molecule has 1 aliphatic heterocycles. The number of benzene rings is 1. The van der Waals surface area contributed by atoms with E-state index >= 15 is 0 Å². The van der Waals surface area contributed by atoms with Crippen LogP contribution in [0.3, 0.4) is 0 Å². The Morgan fingerprint density at radius 2 is 2.00 bits per heavy atom. The summed E-state index contributed by atoms with van der Waals surface area (Å²) in [4.78, 5) is 25.9. The number of ether oxygens (including phenoxy) is 2. The molecule has 2 rings (SSSR count). The zero-order valence-corrected chi connectivity index (χ0v) is 14.9.